The van der Waals surface area contributed by atoms with Gasteiger partial charge in [0.05, 0.1) is 6.61 Å². The summed E-state index contributed by atoms with van der Waals surface area (Å²) in [6.45, 7) is 2.10. The smallest absolute Gasteiger partial charge is 0.235 e. The Bertz CT molecular complexity index is 656. The van der Waals surface area contributed by atoms with Crippen LogP contribution in [0.4, 0.5) is 0 Å². The Morgan fingerprint density at radius 3 is 2.26 bits per heavy atom. The van der Waals surface area contributed by atoms with Gasteiger partial charge in [-0.15, -0.1) is 0 Å². The number of rotatable bonds is 7. The van der Waals surface area contributed by atoms with E-state index >= 15 is 0 Å². The van der Waals surface area contributed by atoms with E-state index in [0.29, 0.717) is 12.3 Å². The number of nitrogens with one attached hydrogen (secondary N) is 1. The first-order valence-electron chi connectivity index (χ1n) is 7.47. The van der Waals surface area contributed by atoms with E-state index in [2.05, 4.69) is 5.32 Å². The van der Waals surface area contributed by atoms with Crippen LogP contribution in [0.2, 0.25) is 0 Å². The topological polar surface area (TPSA) is 66.4 Å². The standard InChI is InChI=1S/C18H21NO3S/c1-14(18(21)19-11-15-5-3-2-4-6-15)23(22)13-17-9-7-16(12-20)8-10-17/h2-10,14,20H,11-13H2,1H3,(H,19,21). The van der Waals surface area contributed by atoms with Crippen LogP contribution in [0.5, 0.6) is 0 Å². The first-order valence-corrected chi connectivity index (χ1v) is 8.86. The zero-order valence-corrected chi connectivity index (χ0v) is 13.9. The number of carbonyl (C=O) groups excluding carboxylic acids is 1. The van der Waals surface area contributed by atoms with Crippen molar-refractivity contribution < 1.29 is 14.1 Å². The van der Waals surface area contributed by atoms with Crippen molar-refractivity contribution in [1.29, 1.82) is 0 Å². The van der Waals surface area contributed by atoms with E-state index in [-0.39, 0.29) is 12.5 Å². The van der Waals surface area contributed by atoms with Gasteiger partial charge in [0.2, 0.25) is 5.91 Å². The Balaban J connectivity index is 1.86. The minimum Gasteiger partial charge on any atom is -0.392 e. The summed E-state index contributed by atoms with van der Waals surface area (Å²) >= 11 is 0. The minimum atomic E-state index is -1.29. The van der Waals surface area contributed by atoms with Gasteiger partial charge in [-0.25, -0.2) is 0 Å². The monoisotopic (exact) mass is 331 g/mol. The fourth-order valence-corrected chi connectivity index (χ4v) is 3.17. The maximum Gasteiger partial charge on any atom is 0.235 e. The Labute approximate surface area is 139 Å². The SMILES string of the molecule is CC(C(=O)NCc1ccccc1)S(=O)Cc1ccc(CO)cc1. The highest BCUT2D eigenvalue weighted by atomic mass is 32.2. The van der Waals surface area contributed by atoms with E-state index in [9.17, 15) is 9.00 Å². The molecule has 2 rings (SSSR count). The van der Waals surface area contributed by atoms with Gasteiger partial charge in [0.1, 0.15) is 5.25 Å². The molecular weight excluding hydrogens is 310 g/mol. The zero-order valence-electron chi connectivity index (χ0n) is 13.1. The van der Waals surface area contributed by atoms with E-state index in [1.807, 2.05) is 42.5 Å². The molecule has 0 fully saturated rings. The van der Waals surface area contributed by atoms with E-state index in [4.69, 9.17) is 5.11 Å². The summed E-state index contributed by atoms with van der Waals surface area (Å²) in [5.74, 6) is 0.116. The van der Waals surface area contributed by atoms with E-state index < -0.39 is 16.0 Å². The van der Waals surface area contributed by atoms with Crippen molar-refractivity contribution in [3.8, 4) is 0 Å². The van der Waals surface area contributed by atoms with E-state index in [1.165, 1.54) is 0 Å². The molecule has 4 nitrogen and oxygen atoms in total. The second-order valence-corrected chi connectivity index (χ2v) is 7.10. The normalized spacial score (nSPS) is 13.3. The molecule has 2 unspecified atom stereocenters. The molecule has 2 atom stereocenters. The maximum absolute atomic E-state index is 12.3. The largest absolute Gasteiger partial charge is 0.392 e. The molecule has 1 amide bonds. The van der Waals surface area contributed by atoms with Gasteiger partial charge >= 0.3 is 0 Å². The van der Waals surface area contributed by atoms with Crippen LogP contribution >= 0.6 is 0 Å². The second kappa shape index (κ2) is 8.60. The van der Waals surface area contributed by atoms with Crippen LogP contribution in [0.3, 0.4) is 0 Å². The number of hydrogen-bond acceptors (Lipinski definition) is 3. The number of benzene rings is 2. The van der Waals surface area contributed by atoms with Gasteiger partial charge in [-0.3, -0.25) is 9.00 Å². The molecule has 0 saturated carbocycles. The van der Waals surface area contributed by atoms with Crippen molar-refractivity contribution in [2.24, 2.45) is 0 Å². The maximum atomic E-state index is 12.3. The predicted octanol–water partition coefficient (Wildman–Crippen LogP) is 2.13. The summed E-state index contributed by atoms with van der Waals surface area (Å²) in [5, 5.41) is 11.3. The zero-order chi connectivity index (χ0) is 16.7. The first kappa shape index (κ1) is 17.4. The molecule has 5 heteroatoms. The average molecular weight is 331 g/mol. The number of aliphatic hydroxyl groups is 1. The lowest BCUT2D eigenvalue weighted by Gasteiger charge is -2.12. The van der Waals surface area contributed by atoms with Crippen LogP contribution in [-0.2, 0) is 34.5 Å². The van der Waals surface area contributed by atoms with Crippen molar-refractivity contribution >= 4 is 16.7 Å². The first-order chi connectivity index (χ1) is 11.1. The van der Waals surface area contributed by atoms with Crippen LogP contribution in [0, 0.1) is 0 Å². The Morgan fingerprint density at radius 2 is 1.65 bits per heavy atom. The highest BCUT2D eigenvalue weighted by Gasteiger charge is 2.19. The molecule has 0 bridgehead atoms. The van der Waals surface area contributed by atoms with E-state index in [1.54, 1.807) is 19.1 Å². The van der Waals surface area contributed by atoms with Crippen LogP contribution in [0.25, 0.3) is 0 Å². The molecule has 0 aliphatic carbocycles. The lowest BCUT2D eigenvalue weighted by molar-refractivity contribution is -0.120. The van der Waals surface area contributed by atoms with Crippen LogP contribution in [0.15, 0.2) is 54.6 Å². The summed E-state index contributed by atoms with van der Waals surface area (Å²) in [7, 11) is -1.29. The Kier molecular flexibility index (Phi) is 6.50. The second-order valence-electron chi connectivity index (χ2n) is 5.35. The third-order valence-corrected chi connectivity index (χ3v) is 5.21. The van der Waals surface area contributed by atoms with Gasteiger partial charge in [-0.2, -0.15) is 0 Å². The quantitative estimate of drug-likeness (QED) is 0.817. The van der Waals surface area contributed by atoms with Gasteiger partial charge in [0, 0.05) is 23.1 Å². The summed E-state index contributed by atoms with van der Waals surface area (Å²) in [4.78, 5) is 12.1. The van der Waals surface area contributed by atoms with Crippen molar-refractivity contribution in [3.05, 3.63) is 71.3 Å². The van der Waals surface area contributed by atoms with Crippen LogP contribution in [-0.4, -0.2) is 20.5 Å². The third kappa shape index (κ3) is 5.30. The molecule has 2 aromatic carbocycles. The van der Waals surface area contributed by atoms with Crippen LogP contribution < -0.4 is 5.32 Å². The average Bonchev–Trinajstić information content (AvgIpc) is 2.60. The molecule has 0 aromatic heterocycles. The fraction of sp³-hybridized carbons (Fsp3) is 0.278. The van der Waals surface area contributed by atoms with Crippen LogP contribution in [0.1, 0.15) is 23.6 Å². The molecule has 0 spiro atoms. The fourth-order valence-electron chi connectivity index (χ4n) is 2.08. The summed E-state index contributed by atoms with van der Waals surface area (Å²) in [6.07, 6.45) is 0. The number of amides is 1. The molecule has 2 N–H and O–H groups in total. The number of carbonyl (C=O) groups is 1. The molecule has 2 aromatic rings. The van der Waals surface area contributed by atoms with E-state index in [0.717, 1.165) is 16.7 Å². The van der Waals surface area contributed by atoms with Crippen molar-refractivity contribution in [1.82, 2.24) is 5.32 Å². The Morgan fingerprint density at radius 1 is 1.04 bits per heavy atom. The molecular formula is C18H21NO3S. The third-order valence-electron chi connectivity index (χ3n) is 3.59. The molecule has 0 heterocycles. The summed E-state index contributed by atoms with van der Waals surface area (Å²) in [5.41, 5.74) is 2.72. The van der Waals surface area contributed by atoms with Crippen molar-refractivity contribution in [2.45, 2.75) is 31.1 Å². The highest BCUT2D eigenvalue weighted by molar-refractivity contribution is 7.85. The number of aliphatic hydroxyl groups excluding tert-OH is 1. The summed E-state index contributed by atoms with van der Waals surface area (Å²) in [6, 6.07) is 16.9. The lowest BCUT2D eigenvalue weighted by atomic mass is 10.2. The van der Waals surface area contributed by atoms with Crippen molar-refractivity contribution in [3.63, 3.8) is 0 Å². The Hall–Kier alpha value is -1.98. The molecule has 0 aliphatic heterocycles. The highest BCUT2D eigenvalue weighted by Crippen LogP contribution is 2.10. The minimum absolute atomic E-state index is 0.0122. The number of hydrogen-bond donors (Lipinski definition) is 2. The molecule has 122 valence electrons. The van der Waals surface area contributed by atoms with Crippen molar-refractivity contribution in [2.75, 3.05) is 0 Å². The molecule has 0 radical (unpaired) electrons. The summed E-state index contributed by atoms with van der Waals surface area (Å²) < 4.78 is 12.3. The van der Waals surface area contributed by atoms with Gasteiger partial charge in [-0.05, 0) is 23.6 Å². The van der Waals surface area contributed by atoms with Gasteiger partial charge in [0.15, 0.2) is 0 Å². The lowest BCUT2D eigenvalue weighted by Crippen LogP contribution is -2.35. The predicted molar refractivity (Wildman–Crippen MR) is 92.0 cm³/mol. The van der Waals surface area contributed by atoms with Gasteiger partial charge in [-0.1, -0.05) is 54.6 Å². The molecule has 23 heavy (non-hydrogen) atoms. The molecule has 0 aliphatic rings. The molecule has 0 saturated heterocycles. The van der Waals surface area contributed by atoms with Gasteiger partial charge in [0.25, 0.3) is 0 Å². The van der Waals surface area contributed by atoms with Gasteiger partial charge < -0.3 is 10.4 Å².